The maximum Gasteiger partial charge on any atom is 0.305 e. The van der Waals surface area contributed by atoms with Gasteiger partial charge in [-0.2, -0.15) is 0 Å². The van der Waals surface area contributed by atoms with Gasteiger partial charge in [-0.1, -0.05) is 18.2 Å². The molecule has 2 amide bonds. The standard InChI is InChI=1S/C19H16BrNO7/c1-9(22)26-18(27-10(2)23)19-8-7-13(28-19)14-15(19)17(25)21(16(14)24)12-6-4-3-5-11(12)20/h3-8,13-15,18H,1-2H3/t13-,14-,15-,19-/m1/s1. The van der Waals surface area contributed by atoms with Gasteiger partial charge in [-0.3, -0.25) is 19.2 Å². The lowest BCUT2D eigenvalue weighted by Gasteiger charge is -2.34. The number of benzene rings is 1. The Kier molecular flexibility index (Phi) is 4.39. The third kappa shape index (κ3) is 2.61. The lowest BCUT2D eigenvalue weighted by molar-refractivity contribution is -0.226. The molecule has 0 unspecified atom stereocenters. The van der Waals surface area contributed by atoms with Crippen molar-refractivity contribution in [2.24, 2.45) is 11.8 Å². The second-order valence-corrected chi connectivity index (χ2v) is 7.67. The first-order valence-corrected chi connectivity index (χ1v) is 9.39. The summed E-state index contributed by atoms with van der Waals surface area (Å²) in [5.41, 5.74) is -1.13. The average molecular weight is 450 g/mol. The van der Waals surface area contributed by atoms with Gasteiger partial charge in [-0.15, -0.1) is 0 Å². The number of nitrogens with zero attached hydrogens (tertiary/aromatic N) is 1. The molecule has 0 N–H and O–H groups in total. The molecule has 2 saturated heterocycles. The molecule has 146 valence electrons. The molecule has 0 radical (unpaired) electrons. The first-order chi connectivity index (χ1) is 13.3. The number of anilines is 1. The molecule has 3 heterocycles. The minimum absolute atomic E-state index is 0.414. The Bertz CT molecular complexity index is 913. The maximum atomic E-state index is 13.3. The zero-order valence-electron chi connectivity index (χ0n) is 15.0. The molecular weight excluding hydrogens is 434 g/mol. The number of hydrogen-bond donors (Lipinski definition) is 0. The Hall–Kier alpha value is -2.52. The molecule has 1 aromatic carbocycles. The summed E-state index contributed by atoms with van der Waals surface area (Å²) in [6.07, 6.45) is 1.03. The first-order valence-electron chi connectivity index (χ1n) is 8.60. The van der Waals surface area contributed by atoms with Crippen molar-refractivity contribution in [1.29, 1.82) is 0 Å². The second kappa shape index (κ2) is 6.52. The van der Waals surface area contributed by atoms with E-state index in [9.17, 15) is 19.2 Å². The quantitative estimate of drug-likeness (QED) is 0.298. The molecule has 8 nitrogen and oxygen atoms in total. The van der Waals surface area contributed by atoms with E-state index in [4.69, 9.17) is 14.2 Å². The fourth-order valence-corrected chi connectivity index (χ4v) is 4.55. The van der Waals surface area contributed by atoms with E-state index in [0.717, 1.165) is 18.7 Å². The number of esters is 2. The van der Waals surface area contributed by atoms with Crippen LogP contribution >= 0.6 is 15.9 Å². The van der Waals surface area contributed by atoms with Gasteiger partial charge in [-0.05, 0) is 34.1 Å². The van der Waals surface area contributed by atoms with Crippen LogP contribution in [0.5, 0.6) is 0 Å². The van der Waals surface area contributed by atoms with Gasteiger partial charge in [0, 0.05) is 18.3 Å². The summed E-state index contributed by atoms with van der Waals surface area (Å²) < 4.78 is 16.8. The number of imide groups is 1. The number of amides is 2. The summed E-state index contributed by atoms with van der Waals surface area (Å²) in [5.74, 6) is -4.10. The average Bonchev–Trinajstić information content (AvgIpc) is 3.26. The number of hydrogen-bond acceptors (Lipinski definition) is 7. The summed E-state index contributed by atoms with van der Waals surface area (Å²) in [6, 6.07) is 6.87. The fraction of sp³-hybridized carbons (Fsp3) is 0.368. The highest BCUT2D eigenvalue weighted by atomic mass is 79.9. The van der Waals surface area contributed by atoms with Crippen molar-refractivity contribution in [2.45, 2.75) is 31.8 Å². The molecule has 2 fully saturated rings. The topological polar surface area (TPSA) is 99.2 Å². The van der Waals surface area contributed by atoms with Gasteiger partial charge >= 0.3 is 11.9 Å². The van der Waals surface area contributed by atoms with Crippen LogP contribution in [-0.4, -0.2) is 41.7 Å². The number of carbonyl (C=O) groups excluding carboxylic acids is 4. The summed E-state index contributed by atoms with van der Waals surface area (Å²) in [5, 5.41) is 0. The van der Waals surface area contributed by atoms with Gasteiger partial charge < -0.3 is 14.2 Å². The Balaban J connectivity index is 1.77. The van der Waals surface area contributed by atoms with E-state index < -0.39 is 53.6 Å². The van der Waals surface area contributed by atoms with E-state index in [1.54, 1.807) is 36.4 Å². The number of para-hydroxylation sites is 1. The number of fused-ring (bicyclic) bond motifs is 5. The van der Waals surface area contributed by atoms with Crippen LogP contribution in [0.15, 0.2) is 40.9 Å². The van der Waals surface area contributed by atoms with E-state index >= 15 is 0 Å². The summed E-state index contributed by atoms with van der Waals surface area (Å²) in [4.78, 5) is 50.7. The van der Waals surface area contributed by atoms with Gasteiger partial charge in [0.1, 0.15) is 0 Å². The minimum Gasteiger partial charge on any atom is -0.422 e. The van der Waals surface area contributed by atoms with Crippen LogP contribution in [0.25, 0.3) is 0 Å². The summed E-state index contributed by atoms with van der Waals surface area (Å²) >= 11 is 3.36. The Labute approximate surface area is 168 Å². The third-order valence-electron chi connectivity index (χ3n) is 5.09. The predicted molar refractivity (Wildman–Crippen MR) is 97.7 cm³/mol. The number of ether oxygens (including phenoxy) is 3. The fourth-order valence-electron chi connectivity index (χ4n) is 4.09. The van der Waals surface area contributed by atoms with Crippen molar-refractivity contribution in [3.05, 3.63) is 40.9 Å². The highest BCUT2D eigenvalue weighted by Crippen LogP contribution is 2.55. The van der Waals surface area contributed by atoms with Crippen LogP contribution in [0.3, 0.4) is 0 Å². The molecule has 3 aliphatic heterocycles. The number of rotatable bonds is 4. The summed E-state index contributed by atoms with van der Waals surface area (Å²) in [7, 11) is 0. The summed E-state index contributed by atoms with van der Waals surface area (Å²) in [6.45, 7) is 2.31. The molecular formula is C19H16BrNO7. The van der Waals surface area contributed by atoms with Crippen LogP contribution < -0.4 is 4.90 Å². The lowest BCUT2D eigenvalue weighted by Crippen LogP contribution is -2.52. The van der Waals surface area contributed by atoms with Crippen LogP contribution in [0.1, 0.15) is 13.8 Å². The highest BCUT2D eigenvalue weighted by molar-refractivity contribution is 9.10. The molecule has 0 saturated carbocycles. The van der Waals surface area contributed by atoms with Gasteiger partial charge in [0.25, 0.3) is 6.29 Å². The molecule has 0 aromatic heterocycles. The van der Waals surface area contributed by atoms with Crippen molar-refractivity contribution < 1.29 is 33.4 Å². The zero-order chi connectivity index (χ0) is 20.2. The molecule has 28 heavy (non-hydrogen) atoms. The molecule has 0 spiro atoms. The number of halogens is 1. The molecule has 9 heteroatoms. The third-order valence-corrected chi connectivity index (χ3v) is 5.76. The minimum atomic E-state index is -1.55. The lowest BCUT2D eigenvalue weighted by atomic mass is 9.76. The van der Waals surface area contributed by atoms with E-state index in [1.165, 1.54) is 0 Å². The van der Waals surface area contributed by atoms with Gasteiger partial charge in [0.05, 0.1) is 23.6 Å². The van der Waals surface area contributed by atoms with E-state index in [1.807, 2.05) is 0 Å². The van der Waals surface area contributed by atoms with Crippen molar-refractivity contribution >= 4 is 45.4 Å². The normalized spacial score (nSPS) is 30.1. The molecule has 0 aliphatic carbocycles. The molecule has 4 atom stereocenters. The van der Waals surface area contributed by atoms with Gasteiger partial charge in [0.15, 0.2) is 5.60 Å². The predicted octanol–water partition coefficient (Wildman–Crippen LogP) is 1.71. The van der Waals surface area contributed by atoms with Gasteiger partial charge in [0.2, 0.25) is 11.8 Å². The first kappa shape index (κ1) is 18.8. The van der Waals surface area contributed by atoms with Crippen LogP contribution in [0, 0.1) is 11.8 Å². The van der Waals surface area contributed by atoms with Gasteiger partial charge in [-0.25, -0.2) is 4.90 Å². The largest absolute Gasteiger partial charge is 0.422 e. The van der Waals surface area contributed by atoms with E-state index in [2.05, 4.69) is 15.9 Å². The van der Waals surface area contributed by atoms with Crippen molar-refractivity contribution in [2.75, 3.05) is 4.90 Å². The smallest absolute Gasteiger partial charge is 0.305 e. The van der Waals surface area contributed by atoms with Crippen molar-refractivity contribution in [3.63, 3.8) is 0 Å². The molecule has 4 rings (SSSR count). The molecule has 2 bridgehead atoms. The second-order valence-electron chi connectivity index (χ2n) is 6.81. The molecule has 1 aromatic rings. The maximum absolute atomic E-state index is 13.3. The Morgan fingerprint density at radius 1 is 1.14 bits per heavy atom. The van der Waals surface area contributed by atoms with Crippen LogP contribution in [-0.2, 0) is 33.4 Å². The zero-order valence-corrected chi connectivity index (χ0v) is 16.5. The van der Waals surface area contributed by atoms with Crippen molar-refractivity contribution in [1.82, 2.24) is 0 Å². The Morgan fingerprint density at radius 3 is 2.39 bits per heavy atom. The van der Waals surface area contributed by atoms with E-state index in [-0.39, 0.29) is 0 Å². The Morgan fingerprint density at radius 2 is 1.79 bits per heavy atom. The monoisotopic (exact) mass is 449 g/mol. The number of carbonyl (C=O) groups is 4. The van der Waals surface area contributed by atoms with E-state index in [0.29, 0.717) is 10.2 Å². The van der Waals surface area contributed by atoms with Crippen LogP contribution in [0.4, 0.5) is 5.69 Å². The van der Waals surface area contributed by atoms with Crippen LogP contribution in [0.2, 0.25) is 0 Å². The van der Waals surface area contributed by atoms with Crippen molar-refractivity contribution in [3.8, 4) is 0 Å². The highest BCUT2D eigenvalue weighted by Gasteiger charge is 2.72. The SMILES string of the molecule is CC(=O)OC(OC(C)=O)[C@]12C=C[C@@H](O1)[C@H]1C(=O)N(c3ccccc3Br)C(=O)[C@@H]12. The molecule has 3 aliphatic rings.